The third-order valence-corrected chi connectivity index (χ3v) is 6.08. The van der Waals surface area contributed by atoms with E-state index in [4.69, 9.17) is 21.1 Å². The maximum absolute atomic E-state index is 14.8. The van der Waals surface area contributed by atoms with Gasteiger partial charge in [-0.05, 0) is 13.0 Å². The zero-order chi connectivity index (χ0) is 21.6. The van der Waals surface area contributed by atoms with Crippen LogP contribution in [0.25, 0.3) is 11.0 Å². The minimum absolute atomic E-state index is 0.0736. The Morgan fingerprint density at radius 3 is 2.97 bits per heavy atom. The number of H-pyrrole nitrogens is 1. The Kier molecular flexibility index (Phi) is 5.19. The summed E-state index contributed by atoms with van der Waals surface area (Å²) >= 11 is 6.47. The van der Waals surface area contributed by atoms with E-state index in [0.717, 1.165) is 5.39 Å². The minimum Gasteiger partial charge on any atom is -0.477 e. The van der Waals surface area contributed by atoms with Gasteiger partial charge in [0.1, 0.15) is 11.7 Å². The Labute approximate surface area is 181 Å². The number of halogens is 3. The predicted molar refractivity (Wildman–Crippen MR) is 110 cm³/mol. The van der Waals surface area contributed by atoms with Crippen LogP contribution in [0.4, 0.5) is 20.4 Å². The second-order valence-corrected chi connectivity index (χ2v) is 8.02. The maximum atomic E-state index is 14.8. The fraction of sp³-hybridized carbons (Fsp3) is 0.526. The first-order chi connectivity index (χ1) is 15.0. The van der Waals surface area contributed by atoms with Gasteiger partial charge in [-0.3, -0.25) is 4.90 Å². The van der Waals surface area contributed by atoms with Crippen molar-refractivity contribution in [1.82, 2.24) is 29.6 Å². The zero-order valence-electron chi connectivity index (χ0n) is 16.8. The molecule has 0 amide bonds. The molecule has 5 rings (SSSR count). The van der Waals surface area contributed by atoms with Crippen LogP contribution in [0.2, 0.25) is 5.15 Å². The van der Waals surface area contributed by atoms with Gasteiger partial charge in [0.05, 0.1) is 43.1 Å². The number of hydrogen-bond donors (Lipinski definition) is 2. The van der Waals surface area contributed by atoms with E-state index in [9.17, 15) is 8.78 Å². The summed E-state index contributed by atoms with van der Waals surface area (Å²) in [4.78, 5) is 13.8. The van der Waals surface area contributed by atoms with E-state index in [0.29, 0.717) is 43.6 Å². The van der Waals surface area contributed by atoms with Crippen molar-refractivity contribution in [2.24, 2.45) is 0 Å². The molecule has 5 heterocycles. The highest BCUT2D eigenvalue weighted by molar-refractivity contribution is 6.32. The highest BCUT2D eigenvalue weighted by Gasteiger charge is 2.48. The highest BCUT2D eigenvalue weighted by atomic mass is 35.5. The number of rotatable bonds is 6. The molecule has 0 aliphatic carbocycles. The average Bonchev–Trinajstić information content (AvgIpc) is 3.30. The van der Waals surface area contributed by atoms with Crippen molar-refractivity contribution in [2.45, 2.75) is 31.4 Å². The van der Waals surface area contributed by atoms with Gasteiger partial charge in [-0.15, -0.1) is 0 Å². The van der Waals surface area contributed by atoms with Gasteiger partial charge in [-0.1, -0.05) is 11.6 Å². The molecule has 1 atom stereocenters. The number of aromatic nitrogens is 5. The molecule has 0 bridgehead atoms. The normalized spacial score (nSPS) is 21.9. The molecule has 2 aliphatic heterocycles. The average molecular weight is 454 g/mol. The Bertz CT molecular complexity index is 1080. The van der Waals surface area contributed by atoms with Crippen LogP contribution in [0.1, 0.15) is 19.4 Å². The summed E-state index contributed by atoms with van der Waals surface area (Å²) in [6.45, 7) is 3.91. The van der Waals surface area contributed by atoms with E-state index < -0.39 is 12.0 Å². The number of nitrogens with zero attached hydrogens (tertiary/aromatic N) is 5. The molecule has 0 saturated carbocycles. The van der Waals surface area contributed by atoms with Crippen molar-refractivity contribution in [3.05, 3.63) is 23.6 Å². The summed E-state index contributed by atoms with van der Waals surface area (Å²) in [6, 6.07) is 0.818. The first-order valence-corrected chi connectivity index (χ1v) is 10.5. The molecule has 0 spiro atoms. The van der Waals surface area contributed by atoms with Crippen LogP contribution < -0.4 is 10.1 Å². The number of hydrogen-bond acceptors (Lipinski definition) is 7. The van der Waals surface area contributed by atoms with Crippen molar-refractivity contribution in [1.29, 1.82) is 0 Å². The van der Waals surface area contributed by atoms with Gasteiger partial charge in [0.2, 0.25) is 11.8 Å². The van der Waals surface area contributed by atoms with Gasteiger partial charge in [0, 0.05) is 25.7 Å². The largest absolute Gasteiger partial charge is 0.477 e. The van der Waals surface area contributed by atoms with E-state index in [1.54, 1.807) is 6.20 Å². The van der Waals surface area contributed by atoms with E-state index in [1.165, 1.54) is 10.9 Å². The van der Waals surface area contributed by atoms with Crippen LogP contribution >= 0.6 is 11.6 Å². The maximum Gasteiger partial charge on any atom is 0.272 e. The Balaban J connectivity index is 1.41. The van der Waals surface area contributed by atoms with Gasteiger partial charge in [-0.2, -0.15) is 15.1 Å². The fourth-order valence-electron chi connectivity index (χ4n) is 3.91. The van der Waals surface area contributed by atoms with E-state index >= 15 is 0 Å². The molecule has 12 heteroatoms. The highest BCUT2D eigenvalue weighted by Crippen LogP contribution is 2.40. The molecule has 0 unspecified atom stereocenters. The standard InChI is InChI=1S/C19H22ClF2N7O2/c1-2-31-17-12-3-5-23-16(12)26-18(27-17)25-13-7-24-29(15(13)20)14-8-28(11-9-30-10-11)6-4-19(14,21)22/h3,5,7,11,14H,2,4,6,8-10H2,1H3,(H2,23,25,26,27)/t14-/m1/s1. The van der Waals surface area contributed by atoms with Gasteiger partial charge in [-0.25, -0.2) is 13.5 Å². The fourth-order valence-corrected chi connectivity index (χ4v) is 4.17. The Morgan fingerprint density at radius 2 is 2.23 bits per heavy atom. The van der Waals surface area contributed by atoms with Crippen LogP contribution in [0.5, 0.6) is 5.88 Å². The molecule has 9 nitrogen and oxygen atoms in total. The van der Waals surface area contributed by atoms with Gasteiger partial charge in [0.25, 0.3) is 5.92 Å². The van der Waals surface area contributed by atoms with Crippen LogP contribution in [-0.2, 0) is 4.74 Å². The number of piperidine rings is 1. The topological polar surface area (TPSA) is 93.1 Å². The molecule has 0 radical (unpaired) electrons. The summed E-state index contributed by atoms with van der Waals surface area (Å²) < 4.78 is 41.5. The molecule has 0 aromatic carbocycles. The molecule has 2 N–H and O–H groups in total. The van der Waals surface area contributed by atoms with E-state index in [2.05, 4.69) is 25.4 Å². The molecule has 2 saturated heterocycles. The van der Waals surface area contributed by atoms with Gasteiger partial charge in [0.15, 0.2) is 5.15 Å². The third-order valence-electron chi connectivity index (χ3n) is 5.70. The first kappa shape index (κ1) is 20.4. The van der Waals surface area contributed by atoms with Crippen LogP contribution in [-0.4, -0.2) is 74.5 Å². The summed E-state index contributed by atoms with van der Waals surface area (Å²) in [7, 11) is 0. The molecule has 3 aromatic rings. The molecule has 3 aromatic heterocycles. The number of alkyl halides is 2. The number of aromatic amines is 1. The molecule has 166 valence electrons. The first-order valence-electron chi connectivity index (χ1n) is 10.1. The molecule has 2 aliphatic rings. The third kappa shape index (κ3) is 3.70. The monoisotopic (exact) mass is 453 g/mol. The van der Waals surface area contributed by atoms with Gasteiger partial charge < -0.3 is 19.8 Å². The SMILES string of the molecule is CCOc1nc(Nc2cnn([C@@H]3CN(C4COC4)CCC3(F)F)c2Cl)nc2[nH]ccc12. The smallest absolute Gasteiger partial charge is 0.272 e. The number of anilines is 2. The molecule has 2 fully saturated rings. The number of nitrogens with one attached hydrogen (secondary N) is 2. The molecular weight excluding hydrogens is 432 g/mol. The van der Waals surface area contributed by atoms with Crippen molar-refractivity contribution in [3.63, 3.8) is 0 Å². The zero-order valence-corrected chi connectivity index (χ0v) is 17.6. The number of ether oxygens (including phenoxy) is 2. The quantitative estimate of drug-likeness (QED) is 0.591. The van der Waals surface area contributed by atoms with Crippen molar-refractivity contribution < 1.29 is 18.3 Å². The summed E-state index contributed by atoms with van der Waals surface area (Å²) in [5.74, 6) is -2.28. The lowest BCUT2D eigenvalue weighted by molar-refractivity contribution is -0.140. The van der Waals surface area contributed by atoms with Crippen LogP contribution in [0, 0.1) is 0 Å². The number of likely N-dealkylation sites (tertiary alicyclic amines) is 1. The van der Waals surface area contributed by atoms with Gasteiger partial charge >= 0.3 is 0 Å². The van der Waals surface area contributed by atoms with Crippen molar-refractivity contribution >= 4 is 34.3 Å². The Hall–Kier alpha value is -2.50. The van der Waals surface area contributed by atoms with Crippen molar-refractivity contribution in [2.75, 3.05) is 38.2 Å². The lowest BCUT2D eigenvalue weighted by Crippen LogP contribution is -2.57. The van der Waals surface area contributed by atoms with Crippen LogP contribution in [0.15, 0.2) is 18.5 Å². The Morgan fingerprint density at radius 1 is 1.39 bits per heavy atom. The molecule has 31 heavy (non-hydrogen) atoms. The van der Waals surface area contributed by atoms with Crippen molar-refractivity contribution in [3.8, 4) is 5.88 Å². The number of fused-ring (bicyclic) bond motifs is 1. The second kappa shape index (κ2) is 7.88. The molecular formula is C19H22ClF2N7O2. The lowest BCUT2D eigenvalue weighted by atomic mass is 9.99. The summed E-state index contributed by atoms with van der Waals surface area (Å²) in [5.41, 5.74) is 0.927. The predicted octanol–water partition coefficient (Wildman–Crippen LogP) is 3.23. The summed E-state index contributed by atoms with van der Waals surface area (Å²) in [6.07, 6.45) is 2.89. The van der Waals surface area contributed by atoms with E-state index in [-0.39, 0.29) is 30.1 Å². The lowest BCUT2D eigenvalue weighted by Gasteiger charge is -2.44. The second-order valence-electron chi connectivity index (χ2n) is 7.66. The minimum atomic E-state index is -2.92. The van der Waals surface area contributed by atoms with E-state index in [1.807, 2.05) is 17.9 Å². The van der Waals surface area contributed by atoms with Crippen LogP contribution in [0.3, 0.4) is 0 Å². The summed E-state index contributed by atoms with van der Waals surface area (Å²) in [5, 5.41) is 7.97.